The number of ether oxygens (including phenoxy) is 3. The molecule has 0 aromatic heterocycles. The van der Waals surface area contributed by atoms with Crippen LogP contribution in [0.2, 0.25) is 0 Å². The molecular weight excluding hydrogens is 597 g/mol. The summed E-state index contributed by atoms with van der Waals surface area (Å²) in [5, 5.41) is 32.6. The molecule has 0 amide bonds. The fourth-order valence-corrected chi connectivity index (χ4v) is 9.37. The number of nitriles is 1. The molecule has 4 aliphatic carbocycles. The third-order valence-corrected chi connectivity index (χ3v) is 11.7. The molecule has 4 fully saturated rings. The standard InChI is InChI=1S/C34H42F5NO5/c1-28(2)19-44-31(45-20-28)12-9-26-27-23(8-11-30(26,41)18-31)25-10-13-32(42,33(35,36)34(37,38)39)29(25,3)16-24(27)22-6-4-21(5-7-22)17-43-15-14-40/h4-7,23-25,41-42H,8-13,15-20H2,1-3H3/t23?,24-,25?,29+,30?,32+/m1/s1. The van der Waals surface area contributed by atoms with E-state index in [1.54, 1.807) is 12.1 Å². The van der Waals surface area contributed by atoms with Crippen molar-refractivity contribution in [3.63, 3.8) is 0 Å². The van der Waals surface area contributed by atoms with E-state index in [0.29, 0.717) is 44.5 Å². The van der Waals surface area contributed by atoms with Gasteiger partial charge in [0.05, 0.1) is 31.5 Å². The van der Waals surface area contributed by atoms with Crippen LogP contribution in [0.1, 0.15) is 89.2 Å². The van der Waals surface area contributed by atoms with Gasteiger partial charge in [-0.1, -0.05) is 50.6 Å². The number of alkyl halides is 5. The van der Waals surface area contributed by atoms with Crippen molar-refractivity contribution in [2.45, 2.75) is 114 Å². The lowest BCUT2D eigenvalue weighted by atomic mass is 9.49. The highest BCUT2D eigenvalue weighted by molar-refractivity contribution is 5.44. The monoisotopic (exact) mass is 639 g/mol. The summed E-state index contributed by atoms with van der Waals surface area (Å²) in [4.78, 5) is 0. The number of fused-ring (bicyclic) bond motifs is 4. The normalized spacial score (nSPS) is 37.5. The lowest BCUT2D eigenvalue weighted by molar-refractivity contribution is -0.362. The van der Waals surface area contributed by atoms with Crippen LogP contribution in [0.3, 0.4) is 0 Å². The summed E-state index contributed by atoms with van der Waals surface area (Å²) in [5.74, 6) is -7.82. The van der Waals surface area contributed by atoms with Crippen molar-refractivity contribution in [3.05, 3.63) is 46.5 Å². The molecule has 2 N–H and O–H groups in total. The van der Waals surface area contributed by atoms with E-state index >= 15 is 8.78 Å². The first-order valence-electron chi connectivity index (χ1n) is 15.9. The average Bonchev–Trinajstić information content (AvgIpc) is 3.25. The van der Waals surface area contributed by atoms with E-state index in [4.69, 9.17) is 19.5 Å². The highest BCUT2D eigenvalue weighted by Crippen LogP contribution is 2.71. The molecule has 1 saturated heterocycles. The Balaban J connectivity index is 1.43. The zero-order valence-electron chi connectivity index (χ0n) is 26.0. The Labute approximate surface area is 260 Å². The highest BCUT2D eigenvalue weighted by Gasteiger charge is 2.79. The van der Waals surface area contributed by atoms with E-state index in [9.17, 15) is 23.4 Å². The fraction of sp³-hybridized carbons (Fsp3) is 0.735. The quantitative estimate of drug-likeness (QED) is 0.206. The van der Waals surface area contributed by atoms with Gasteiger partial charge in [-0.2, -0.15) is 27.2 Å². The number of nitrogens with zero attached hydrogens (tertiary/aromatic N) is 1. The second-order valence-corrected chi connectivity index (χ2v) is 15.1. The zero-order valence-corrected chi connectivity index (χ0v) is 26.0. The number of rotatable bonds is 5. The largest absolute Gasteiger partial charge is 0.456 e. The number of hydrogen-bond donors (Lipinski definition) is 2. The summed E-state index contributed by atoms with van der Waals surface area (Å²) in [6, 6.07) is 9.12. The van der Waals surface area contributed by atoms with Crippen molar-refractivity contribution in [2.24, 2.45) is 22.7 Å². The maximum absolute atomic E-state index is 15.3. The van der Waals surface area contributed by atoms with Gasteiger partial charge in [0.2, 0.25) is 0 Å². The van der Waals surface area contributed by atoms with Gasteiger partial charge in [-0.3, -0.25) is 0 Å². The molecule has 1 aromatic carbocycles. The molecule has 3 saturated carbocycles. The first-order valence-corrected chi connectivity index (χ1v) is 15.9. The van der Waals surface area contributed by atoms with Gasteiger partial charge in [0, 0.05) is 29.6 Å². The topological polar surface area (TPSA) is 91.9 Å². The van der Waals surface area contributed by atoms with Crippen molar-refractivity contribution in [1.82, 2.24) is 0 Å². The van der Waals surface area contributed by atoms with E-state index in [-0.39, 0.29) is 43.8 Å². The average molecular weight is 640 g/mol. The van der Waals surface area contributed by atoms with E-state index in [0.717, 1.165) is 16.7 Å². The Morgan fingerprint density at radius 1 is 0.978 bits per heavy atom. The predicted octanol–water partition coefficient (Wildman–Crippen LogP) is 6.95. The van der Waals surface area contributed by atoms with Crippen molar-refractivity contribution >= 4 is 0 Å². The number of benzene rings is 1. The Morgan fingerprint density at radius 2 is 1.64 bits per heavy atom. The van der Waals surface area contributed by atoms with Crippen molar-refractivity contribution in [1.29, 1.82) is 5.26 Å². The van der Waals surface area contributed by atoms with E-state index in [1.165, 1.54) is 6.92 Å². The maximum atomic E-state index is 15.3. The van der Waals surface area contributed by atoms with Gasteiger partial charge in [-0.25, -0.2) is 0 Å². The Hall–Kier alpha value is -2.10. The molecule has 6 atom stereocenters. The Morgan fingerprint density at radius 3 is 2.27 bits per heavy atom. The number of allylic oxidation sites excluding steroid dienone is 1. The van der Waals surface area contributed by atoms with Gasteiger partial charge in [0.1, 0.15) is 12.2 Å². The van der Waals surface area contributed by atoms with E-state index < -0.39 is 52.8 Å². The molecule has 6 nitrogen and oxygen atoms in total. The van der Waals surface area contributed by atoms with Crippen LogP contribution in [-0.2, 0) is 20.8 Å². The fourth-order valence-electron chi connectivity index (χ4n) is 9.37. The second-order valence-electron chi connectivity index (χ2n) is 15.1. The number of aliphatic hydroxyl groups is 2. The molecule has 11 heteroatoms. The summed E-state index contributed by atoms with van der Waals surface area (Å²) < 4.78 is 90.0. The van der Waals surface area contributed by atoms with Crippen molar-refractivity contribution in [2.75, 3.05) is 19.8 Å². The summed E-state index contributed by atoms with van der Waals surface area (Å²) in [6.45, 7) is 6.57. The van der Waals surface area contributed by atoms with Crippen LogP contribution in [0.4, 0.5) is 22.0 Å². The van der Waals surface area contributed by atoms with Crippen LogP contribution in [0, 0.1) is 34.0 Å². The Kier molecular flexibility index (Phi) is 7.81. The van der Waals surface area contributed by atoms with Crippen LogP contribution in [0.15, 0.2) is 35.4 Å². The van der Waals surface area contributed by atoms with Gasteiger partial charge in [-0.15, -0.1) is 0 Å². The molecular formula is C34H42F5NO5. The molecule has 248 valence electrons. The van der Waals surface area contributed by atoms with Crippen LogP contribution < -0.4 is 0 Å². The molecule has 1 aromatic rings. The van der Waals surface area contributed by atoms with Crippen molar-refractivity contribution < 1.29 is 46.4 Å². The summed E-state index contributed by atoms with van der Waals surface area (Å²) in [7, 11) is 0. The summed E-state index contributed by atoms with van der Waals surface area (Å²) >= 11 is 0. The van der Waals surface area contributed by atoms with Crippen LogP contribution in [0.25, 0.3) is 0 Å². The van der Waals surface area contributed by atoms with Crippen LogP contribution >= 0.6 is 0 Å². The molecule has 5 aliphatic rings. The summed E-state index contributed by atoms with van der Waals surface area (Å²) in [6.07, 6.45) is -4.79. The second kappa shape index (κ2) is 10.7. The molecule has 45 heavy (non-hydrogen) atoms. The zero-order chi connectivity index (χ0) is 32.7. The van der Waals surface area contributed by atoms with Gasteiger partial charge >= 0.3 is 12.1 Å². The minimum atomic E-state index is -5.90. The number of halogens is 5. The molecule has 6 rings (SSSR count). The van der Waals surface area contributed by atoms with Gasteiger partial charge < -0.3 is 24.4 Å². The molecule has 0 radical (unpaired) electrons. The van der Waals surface area contributed by atoms with Gasteiger partial charge in [0.15, 0.2) is 5.79 Å². The lowest BCUT2D eigenvalue weighted by Gasteiger charge is -2.59. The minimum absolute atomic E-state index is 0.0334. The predicted molar refractivity (Wildman–Crippen MR) is 153 cm³/mol. The molecule has 1 aliphatic heterocycles. The minimum Gasteiger partial charge on any atom is -0.385 e. The first-order chi connectivity index (χ1) is 20.9. The SMILES string of the molecule is CC1(C)COC2(CCC3=C4C(CCC3(O)C2)C2CC[C@@](O)(C(F)(F)C(F)(F)F)[C@@]2(C)C[C@@H]4c2ccc(COCC#N)cc2)OC1. The Bertz CT molecular complexity index is 1380. The summed E-state index contributed by atoms with van der Waals surface area (Å²) in [5.41, 5.74) is -3.24. The van der Waals surface area contributed by atoms with Crippen molar-refractivity contribution in [3.8, 4) is 6.07 Å². The lowest BCUT2D eigenvalue weighted by Crippen LogP contribution is -2.65. The molecule has 3 unspecified atom stereocenters. The van der Waals surface area contributed by atoms with E-state index in [1.807, 2.05) is 32.0 Å². The smallest absolute Gasteiger partial charge is 0.385 e. The van der Waals surface area contributed by atoms with Gasteiger partial charge in [0.25, 0.3) is 0 Å². The third-order valence-electron chi connectivity index (χ3n) is 11.7. The van der Waals surface area contributed by atoms with Gasteiger partial charge in [-0.05, 0) is 67.1 Å². The molecule has 1 spiro atoms. The molecule has 0 bridgehead atoms. The van der Waals surface area contributed by atoms with Crippen LogP contribution in [-0.4, -0.2) is 59.1 Å². The maximum Gasteiger partial charge on any atom is 0.456 e. The number of hydrogen-bond acceptors (Lipinski definition) is 6. The first kappa shape index (κ1) is 32.8. The third kappa shape index (κ3) is 5.05. The molecule has 1 heterocycles. The van der Waals surface area contributed by atoms with Crippen LogP contribution in [0.5, 0.6) is 0 Å². The van der Waals surface area contributed by atoms with E-state index in [2.05, 4.69) is 0 Å². The highest BCUT2D eigenvalue weighted by atomic mass is 19.4.